The lowest BCUT2D eigenvalue weighted by molar-refractivity contribution is 0.0918. The van der Waals surface area contributed by atoms with Crippen molar-refractivity contribution < 1.29 is 18.8 Å². The Morgan fingerprint density at radius 3 is 2.00 bits per heavy atom. The van der Waals surface area contributed by atoms with Crippen LogP contribution in [-0.4, -0.2) is 32.8 Å². The quantitative estimate of drug-likeness (QED) is 0.174. The van der Waals surface area contributed by atoms with Gasteiger partial charge in [-0.1, -0.05) is 59.1 Å². The van der Waals surface area contributed by atoms with Crippen molar-refractivity contribution in [2.45, 2.75) is 9.96 Å². The molecule has 3 amide bonds. The van der Waals surface area contributed by atoms with Gasteiger partial charge in [-0.3, -0.25) is 14.4 Å². The molecule has 0 fully saturated rings. The molecule has 0 aromatic heterocycles. The summed E-state index contributed by atoms with van der Waals surface area (Å²) in [6.45, 7) is 0. The second-order valence-electron chi connectivity index (χ2n) is 7.56. The van der Waals surface area contributed by atoms with E-state index in [9.17, 15) is 18.8 Å². The van der Waals surface area contributed by atoms with Gasteiger partial charge in [-0.25, -0.2) is 9.29 Å². The zero-order chi connectivity index (χ0) is 26.0. The van der Waals surface area contributed by atoms with E-state index in [1.807, 2.05) is 0 Å². The lowest BCUT2D eigenvalue weighted by atomic mass is 10.1. The Balaban J connectivity index is 1.52. The van der Waals surface area contributed by atoms with Crippen molar-refractivity contribution in [2.75, 3.05) is 10.2 Å². The third kappa shape index (κ3) is 5.44. The molecule has 1 unspecified atom stereocenters. The van der Waals surface area contributed by atoms with Crippen molar-refractivity contribution in [1.82, 2.24) is 10.6 Å². The molecule has 1 aliphatic heterocycles. The van der Waals surface area contributed by atoms with Gasteiger partial charge >= 0.3 is 0 Å². The summed E-state index contributed by atoms with van der Waals surface area (Å²) in [4.78, 5) is 39.5. The third-order valence-corrected chi connectivity index (χ3v) is 6.05. The van der Waals surface area contributed by atoms with Crippen molar-refractivity contribution in [3.63, 3.8) is 0 Å². The maximum atomic E-state index is 13.2. The molecule has 3 aromatic carbocycles. The number of anilines is 2. The van der Waals surface area contributed by atoms with Crippen LogP contribution in [0.2, 0.25) is 0 Å². The van der Waals surface area contributed by atoms with Gasteiger partial charge in [-0.2, -0.15) is 0 Å². The minimum Gasteiger partial charge on any atom is -0.339 e. The molecule has 1 aliphatic rings. The maximum absolute atomic E-state index is 13.2. The van der Waals surface area contributed by atoms with Crippen LogP contribution in [0.25, 0.3) is 0 Å². The summed E-state index contributed by atoms with van der Waals surface area (Å²) in [6.07, 6.45) is -1.30. The first kappa shape index (κ1) is 25.8. The van der Waals surface area contributed by atoms with E-state index in [0.29, 0.717) is 5.69 Å². The summed E-state index contributed by atoms with van der Waals surface area (Å²) in [7, 11) is 0. The minimum absolute atomic E-state index is 0.0743. The molecule has 0 spiro atoms. The summed E-state index contributed by atoms with van der Waals surface area (Å²) in [5.41, 5.74) is 1.29. The fraction of sp³-hybridized carbons (Fsp3) is 0.0833. The number of para-hydroxylation sites is 2. The predicted octanol–water partition coefficient (Wildman–Crippen LogP) is 5.04. The molecule has 0 radical (unpaired) electrons. The van der Waals surface area contributed by atoms with Crippen LogP contribution < -0.4 is 20.9 Å². The Kier molecular flexibility index (Phi) is 7.46. The summed E-state index contributed by atoms with van der Waals surface area (Å²) >= 11 is 23.5. The minimum atomic E-state index is -2.04. The molecule has 36 heavy (non-hydrogen) atoms. The molecule has 12 heteroatoms. The highest BCUT2D eigenvalue weighted by Gasteiger charge is 2.38. The average Bonchev–Trinajstić information content (AvgIpc) is 3.09. The number of nitrogens with zero attached hydrogens (tertiary/aromatic N) is 1. The predicted molar refractivity (Wildman–Crippen MR) is 141 cm³/mol. The molecule has 4 rings (SSSR count). The SMILES string of the molecule is O=C(NC(NC(=S)Nc1ccccc1N1C(=O)c2ccccc2C1=O)C(Cl)(Cl)Cl)c1ccc(F)cc1. The smallest absolute Gasteiger partial charge is 0.266 e. The van der Waals surface area contributed by atoms with Crippen LogP contribution >= 0.6 is 47.0 Å². The molecule has 3 N–H and O–H groups in total. The van der Waals surface area contributed by atoms with E-state index in [1.54, 1.807) is 48.5 Å². The molecule has 184 valence electrons. The molecular formula is C24H16Cl3FN4O3S. The number of benzene rings is 3. The summed E-state index contributed by atoms with van der Waals surface area (Å²) in [5, 5.41) is 8.00. The van der Waals surface area contributed by atoms with Crippen molar-refractivity contribution >= 4 is 81.2 Å². The number of thiocarbonyl (C=S) groups is 1. The van der Waals surface area contributed by atoms with Crippen LogP contribution in [0.3, 0.4) is 0 Å². The number of carbonyl (C=O) groups excluding carboxylic acids is 3. The van der Waals surface area contributed by atoms with E-state index in [-0.39, 0.29) is 27.5 Å². The first-order valence-corrected chi connectivity index (χ1v) is 11.9. The maximum Gasteiger partial charge on any atom is 0.266 e. The molecule has 1 atom stereocenters. The van der Waals surface area contributed by atoms with E-state index in [4.69, 9.17) is 47.0 Å². The normalized spacial score (nSPS) is 13.7. The number of alkyl halides is 3. The van der Waals surface area contributed by atoms with Gasteiger partial charge in [0.15, 0.2) is 5.11 Å². The van der Waals surface area contributed by atoms with Crippen LogP contribution in [-0.2, 0) is 0 Å². The lowest BCUT2D eigenvalue weighted by Crippen LogP contribution is -2.56. The Morgan fingerprint density at radius 1 is 0.861 bits per heavy atom. The van der Waals surface area contributed by atoms with Gasteiger partial charge in [-0.15, -0.1) is 0 Å². The van der Waals surface area contributed by atoms with E-state index in [2.05, 4.69) is 16.0 Å². The van der Waals surface area contributed by atoms with Crippen LogP contribution in [0.1, 0.15) is 31.1 Å². The van der Waals surface area contributed by atoms with E-state index >= 15 is 0 Å². The second kappa shape index (κ2) is 10.4. The number of nitrogens with one attached hydrogen (secondary N) is 3. The zero-order valence-electron chi connectivity index (χ0n) is 18.1. The van der Waals surface area contributed by atoms with Gasteiger partial charge in [0.25, 0.3) is 17.7 Å². The topological polar surface area (TPSA) is 90.5 Å². The molecule has 3 aromatic rings. The van der Waals surface area contributed by atoms with Crippen molar-refractivity contribution in [3.8, 4) is 0 Å². The highest BCUT2D eigenvalue weighted by molar-refractivity contribution is 7.80. The van der Waals surface area contributed by atoms with Crippen molar-refractivity contribution in [1.29, 1.82) is 0 Å². The number of hydrogen-bond acceptors (Lipinski definition) is 4. The lowest BCUT2D eigenvalue weighted by Gasteiger charge is -2.28. The molecule has 0 bridgehead atoms. The third-order valence-electron chi connectivity index (χ3n) is 5.17. The summed E-state index contributed by atoms with van der Waals surface area (Å²) in [6, 6.07) is 17.8. The Morgan fingerprint density at radius 2 is 1.42 bits per heavy atom. The summed E-state index contributed by atoms with van der Waals surface area (Å²) < 4.78 is 11.1. The van der Waals surface area contributed by atoms with Gasteiger partial charge in [0.05, 0.1) is 22.5 Å². The van der Waals surface area contributed by atoms with Crippen LogP contribution in [0.15, 0.2) is 72.8 Å². The van der Waals surface area contributed by atoms with Crippen LogP contribution in [0.5, 0.6) is 0 Å². The van der Waals surface area contributed by atoms with Crippen molar-refractivity contribution in [3.05, 3.63) is 95.3 Å². The van der Waals surface area contributed by atoms with Gasteiger partial charge in [0.1, 0.15) is 12.0 Å². The van der Waals surface area contributed by atoms with Crippen LogP contribution in [0, 0.1) is 5.82 Å². The first-order valence-electron chi connectivity index (χ1n) is 10.3. The number of imide groups is 1. The molecular weight excluding hydrogens is 550 g/mol. The second-order valence-corrected chi connectivity index (χ2v) is 10.3. The monoisotopic (exact) mass is 564 g/mol. The standard InChI is InChI=1S/C24H16Cl3FN4O3S/c25-24(26,27)22(30-19(33)13-9-11-14(28)12-10-13)31-23(36)29-17-7-3-4-8-18(17)32-20(34)15-5-1-2-6-16(15)21(32)35/h1-12,22H,(H,30,33)(H2,29,31,36). The van der Waals surface area contributed by atoms with E-state index in [1.165, 1.54) is 12.1 Å². The molecule has 0 saturated carbocycles. The van der Waals surface area contributed by atoms with Gasteiger partial charge in [0, 0.05) is 5.56 Å². The molecule has 0 aliphatic carbocycles. The number of carbonyl (C=O) groups is 3. The fourth-order valence-corrected chi connectivity index (χ4v) is 4.04. The highest BCUT2D eigenvalue weighted by Crippen LogP contribution is 2.34. The van der Waals surface area contributed by atoms with Gasteiger partial charge < -0.3 is 16.0 Å². The Labute approximate surface area is 225 Å². The summed E-state index contributed by atoms with van der Waals surface area (Å²) in [5.74, 6) is -2.11. The molecule has 7 nitrogen and oxygen atoms in total. The van der Waals surface area contributed by atoms with E-state index in [0.717, 1.165) is 17.0 Å². The number of fused-ring (bicyclic) bond motifs is 1. The number of halogens is 4. The largest absolute Gasteiger partial charge is 0.339 e. The number of rotatable bonds is 5. The highest BCUT2D eigenvalue weighted by atomic mass is 35.6. The van der Waals surface area contributed by atoms with Crippen LogP contribution in [0.4, 0.5) is 15.8 Å². The first-order chi connectivity index (χ1) is 17.1. The number of hydrogen-bond donors (Lipinski definition) is 3. The molecule has 0 saturated heterocycles. The van der Waals surface area contributed by atoms with E-state index < -0.39 is 33.5 Å². The Hall–Kier alpha value is -3.24. The van der Waals surface area contributed by atoms with Gasteiger partial charge in [0.2, 0.25) is 3.79 Å². The zero-order valence-corrected chi connectivity index (χ0v) is 21.2. The van der Waals surface area contributed by atoms with Crippen molar-refractivity contribution in [2.24, 2.45) is 0 Å². The fourth-order valence-electron chi connectivity index (χ4n) is 3.49. The average molecular weight is 566 g/mol. The number of amides is 3. The Bertz CT molecular complexity index is 1330. The molecule has 1 heterocycles. The van der Waals surface area contributed by atoms with Gasteiger partial charge in [-0.05, 0) is 60.7 Å².